The largest absolute Gasteiger partial charge is 0.496 e. The molecule has 4 nitrogen and oxygen atoms in total. The molecule has 4 aliphatic rings. The highest BCUT2D eigenvalue weighted by Crippen LogP contribution is 2.42. The summed E-state index contributed by atoms with van der Waals surface area (Å²) in [4.78, 5) is 0. The van der Waals surface area contributed by atoms with Gasteiger partial charge in [-0.2, -0.15) is 5.10 Å². The molecule has 2 aliphatic carbocycles. The van der Waals surface area contributed by atoms with Gasteiger partial charge in [-0.05, 0) is 92.7 Å². The zero-order valence-electron chi connectivity index (χ0n) is 16.5. The molecule has 1 atom stereocenters. The van der Waals surface area contributed by atoms with Gasteiger partial charge < -0.3 is 10.1 Å². The lowest BCUT2D eigenvalue weighted by Crippen LogP contribution is -2.46. The van der Waals surface area contributed by atoms with Crippen LogP contribution in [-0.4, -0.2) is 43.5 Å². The monoisotopic (exact) mass is 365 g/mol. The minimum absolute atomic E-state index is 0.515. The number of hydrogen-bond acceptors (Lipinski definition) is 4. The first kappa shape index (κ1) is 17.3. The number of methoxy groups -OCH3 is 1. The van der Waals surface area contributed by atoms with Crippen molar-refractivity contribution in [2.45, 2.75) is 63.3 Å². The lowest BCUT2D eigenvalue weighted by atomic mass is 9.84. The topological polar surface area (TPSA) is 36.9 Å². The van der Waals surface area contributed by atoms with Gasteiger partial charge in [-0.15, -0.1) is 0 Å². The Kier molecular flexibility index (Phi) is 4.68. The van der Waals surface area contributed by atoms with Crippen molar-refractivity contribution in [1.82, 2.24) is 10.3 Å². The molecular weight excluding hydrogens is 334 g/mol. The molecule has 0 spiro atoms. The molecule has 1 saturated heterocycles. The Morgan fingerprint density at radius 1 is 1.11 bits per heavy atom. The van der Waals surface area contributed by atoms with Crippen molar-refractivity contribution in [3.8, 4) is 5.75 Å². The summed E-state index contributed by atoms with van der Waals surface area (Å²) in [5.41, 5.74) is 6.91. The molecule has 27 heavy (non-hydrogen) atoms. The Morgan fingerprint density at radius 3 is 2.78 bits per heavy atom. The van der Waals surface area contributed by atoms with Gasteiger partial charge in [0.15, 0.2) is 0 Å². The number of piperidine rings is 1. The number of nitrogens with one attached hydrogen (secondary N) is 1. The van der Waals surface area contributed by atoms with Crippen molar-refractivity contribution in [3.63, 3.8) is 0 Å². The minimum Gasteiger partial charge on any atom is -0.496 e. The van der Waals surface area contributed by atoms with E-state index in [1.807, 2.05) is 0 Å². The normalized spacial score (nSPS) is 25.9. The van der Waals surface area contributed by atoms with E-state index in [4.69, 9.17) is 9.84 Å². The minimum atomic E-state index is 0.515. The van der Waals surface area contributed by atoms with Crippen molar-refractivity contribution in [2.24, 2.45) is 5.10 Å². The second kappa shape index (κ2) is 7.31. The van der Waals surface area contributed by atoms with Crippen molar-refractivity contribution < 1.29 is 4.74 Å². The molecule has 0 unspecified atom stereocenters. The molecule has 1 saturated carbocycles. The van der Waals surface area contributed by atoms with Crippen LogP contribution in [0.1, 0.15) is 68.4 Å². The second-order valence-corrected chi connectivity index (χ2v) is 8.57. The van der Waals surface area contributed by atoms with Crippen LogP contribution in [0.5, 0.6) is 5.75 Å². The summed E-state index contributed by atoms with van der Waals surface area (Å²) in [6.07, 6.45) is 10.1. The average molecular weight is 366 g/mol. The fourth-order valence-electron chi connectivity index (χ4n) is 4.94. The maximum Gasteiger partial charge on any atom is 0.128 e. The lowest BCUT2D eigenvalue weighted by molar-refractivity contribution is 0.181. The van der Waals surface area contributed by atoms with Crippen LogP contribution in [0.4, 0.5) is 0 Å². The van der Waals surface area contributed by atoms with Crippen molar-refractivity contribution in [2.75, 3.05) is 26.7 Å². The van der Waals surface area contributed by atoms with Crippen LogP contribution in [0.2, 0.25) is 0 Å². The highest BCUT2D eigenvalue weighted by molar-refractivity contribution is 6.15. The van der Waals surface area contributed by atoms with Crippen LogP contribution in [0, 0.1) is 0 Å². The second-order valence-electron chi connectivity index (χ2n) is 8.57. The van der Waals surface area contributed by atoms with Gasteiger partial charge in [0.25, 0.3) is 0 Å². The van der Waals surface area contributed by atoms with Crippen LogP contribution < -0.4 is 10.1 Å². The highest BCUT2D eigenvalue weighted by atomic mass is 16.5. The van der Waals surface area contributed by atoms with Gasteiger partial charge in [0.1, 0.15) is 5.75 Å². The molecule has 0 bridgehead atoms. The Bertz CT molecular complexity index is 772. The Balaban J connectivity index is 1.54. The maximum atomic E-state index is 5.84. The molecule has 2 aliphatic heterocycles. The van der Waals surface area contributed by atoms with E-state index in [2.05, 4.69) is 28.5 Å². The van der Waals surface area contributed by atoms with Crippen molar-refractivity contribution in [1.29, 1.82) is 0 Å². The zero-order chi connectivity index (χ0) is 18.2. The molecule has 2 fully saturated rings. The van der Waals surface area contributed by atoms with E-state index in [0.29, 0.717) is 6.04 Å². The summed E-state index contributed by atoms with van der Waals surface area (Å²) in [6.45, 7) is 3.22. The Hall–Kier alpha value is -1.81. The van der Waals surface area contributed by atoms with Gasteiger partial charge in [0, 0.05) is 12.1 Å². The van der Waals surface area contributed by atoms with Gasteiger partial charge in [-0.25, -0.2) is 0 Å². The number of hydrogen-bond donors (Lipinski definition) is 1. The van der Waals surface area contributed by atoms with E-state index < -0.39 is 0 Å². The first-order chi connectivity index (χ1) is 13.3. The molecule has 1 aromatic rings. The summed E-state index contributed by atoms with van der Waals surface area (Å²) in [6, 6.07) is 7.36. The zero-order valence-corrected chi connectivity index (χ0v) is 16.5. The Morgan fingerprint density at radius 2 is 2.00 bits per heavy atom. The molecule has 2 heterocycles. The Labute approximate surface area is 162 Å². The number of benzene rings is 1. The number of allylic oxidation sites excluding steroid dienone is 1. The molecule has 0 radical (unpaired) electrons. The first-order valence-corrected chi connectivity index (χ1v) is 10.8. The van der Waals surface area contributed by atoms with Crippen LogP contribution >= 0.6 is 0 Å². The van der Waals surface area contributed by atoms with Gasteiger partial charge in [0.2, 0.25) is 0 Å². The van der Waals surface area contributed by atoms with Crippen LogP contribution in [0.3, 0.4) is 0 Å². The van der Waals surface area contributed by atoms with E-state index in [-0.39, 0.29) is 0 Å². The van der Waals surface area contributed by atoms with E-state index in [0.717, 1.165) is 31.3 Å². The third-order valence-corrected chi connectivity index (χ3v) is 6.67. The molecule has 1 N–H and O–H groups in total. The fraction of sp³-hybridized carbons (Fsp3) is 0.609. The first-order valence-electron chi connectivity index (χ1n) is 10.8. The van der Waals surface area contributed by atoms with E-state index in [1.54, 1.807) is 12.7 Å². The SMILES string of the molecule is COc1cc(C2CC2)ccc1C1=NN([C@@H]2CCCNC2)CC2=C1CCCC2. The smallest absolute Gasteiger partial charge is 0.128 e. The highest BCUT2D eigenvalue weighted by Gasteiger charge is 2.31. The third-order valence-electron chi connectivity index (χ3n) is 6.67. The van der Waals surface area contributed by atoms with Crippen LogP contribution in [-0.2, 0) is 0 Å². The maximum absolute atomic E-state index is 5.84. The quantitative estimate of drug-likeness (QED) is 0.868. The van der Waals surface area contributed by atoms with Gasteiger partial charge in [-0.3, -0.25) is 5.01 Å². The lowest BCUT2D eigenvalue weighted by Gasteiger charge is -2.38. The number of nitrogens with zero attached hydrogens (tertiary/aromatic N) is 2. The van der Waals surface area contributed by atoms with Crippen LogP contribution in [0.25, 0.3) is 0 Å². The predicted octanol–water partition coefficient (Wildman–Crippen LogP) is 4.21. The molecule has 0 amide bonds. The molecular formula is C23H31N3O. The predicted molar refractivity (Wildman–Crippen MR) is 110 cm³/mol. The van der Waals surface area contributed by atoms with Crippen molar-refractivity contribution in [3.05, 3.63) is 40.5 Å². The molecule has 1 aromatic carbocycles. The summed E-state index contributed by atoms with van der Waals surface area (Å²) in [5, 5.41) is 11.2. The van der Waals surface area contributed by atoms with Crippen molar-refractivity contribution >= 4 is 5.71 Å². The summed E-state index contributed by atoms with van der Waals surface area (Å²) in [7, 11) is 1.80. The van der Waals surface area contributed by atoms with Gasteiger partial charge in [-0.1, -0.05) is 6.07 Å². The van der Waals surface area contributed by atoms with E-state index in [1.165, 1.54) is 73.8 Å². The molecule has 144 valence electrons. The summed E-state index contributed by atoms with van der Waals surface area (Å²) in [5.74, 6) is 1.75. The fourth-order valence-corrected chi connectivity index (χ4v) is 4.94. The van der Waals surface area contributed by atoms with Gasteiger partial charge >= 0.3 is 0 Å². The van der Waals surface area contributed by atoms with Crippen LogP contribution in [0.15, 0.2) is 34.4 Å². The number of hydrazone groups is 1. The molecule has 0 aromatic heterocycles. The number of ether oxygens (including phenoxy) is 1. The third kappa shape index (κ3) is 3.40. The van der Waals surface area contributed by atoms with E-state index in [9.17, 15) is 0 Å². The molecule has 4 heteroatoms. The standard InChI is InChI=1S/C23H31N3O/c1-27-22-13-17(16-8-9-16)10-11-21(22)23-20-7-3-2-5-18(20)15-26(25-23)19-6-4-12-24-14-19/h10-11,13,16,19,24H,2-9,12,14-15H2,1H3/t19-/m1/s1. The van der Waals surface area contributed by atoms with E-state index >= 15 is 0 Å². The van der Waals surface area contributed by atoms with Gasteiger partial charge in [0.05, 0.1) is 25.4 Å². The average Bonchev–Trinajstić information content (AvgIpc) is 3.58. The summed E-state index contributed by atoms with van der Waals surface area (Å²) < 4.78 is 5.84. The summed E-state index contributed by atoms with van der Waals surface area (Å²) >= 11 is 0. The number of rotatable bonds is 4. The molecule has 5 rings (SSSR count).